The number of hydrogen-bond donors (Lipinski definition) is 2. The van der Waals surface area contributed by atoms with Gasteiger partial charge in [0, 0.05) is 32.2 Å². The number of nitrogens with zero attached hydrogens (tertiary/aromatic N) is 2. The second-order valence-electron chi connectivity index (χ2n) is 5.51. The highest BCUT2D eigenvalue weighted by atomic mass is 15.3. The molecule has 1 aromatic rings. The van der Waals surface area contributed by atoms with Crippen molar-refractivity contribution in [3.05, 3.63) is 35.9 Å². The summed E-state index contributed by atoms with van der Waals surface area (Å²) >= 11 is 0. The maximum atomic E-state index is 7.84. The van der Waals surface area contributed by atoms with E-state index in [4.69, 9.17) is 11.1 Å². The van der Waals surface area contributed by atoms with Gasteiger partial charge in [0.2, 0.25) is 0 Å². The van der Waals surface area contributed by atoms with E-state index in [9.17, 15) is 0 Å². The van der Waals surface area contributed by atoms with Crippen LogP contribution >= 0.6 is 0 Å². The van der Waals surface area contributed by atoms with Gasteiger partial charge in [-0.25, -0.2) is 0 Å². The molecule has 19 heavy (non-hydrogen) atoms. The second kappa shape index (κ2) is 6.17. The third-order valence-corrected chi connectivity index (χ3v) is 4.06. The molecule has 0 saturated carbocycles. The Bertz CT molecular complexity index is 417. The summed E-state index contributed by atoms with van der Waals surface area (Å²) in [6.45, 7) is 6.28. The zero-order valence-corrected chi connectivity index (χ0v) is 11.8. The molecule has 1 aromatic carbocycles. The molecule has 4 heteroatoms. The van der Waals surface area contributed by atoms with Gasteiger partial charge in [0.1, 0.15) is 0 Å². The fourth-order valence-electron chi connectivity index (χ4n) is 2.62. The molecular weight excluding hydrogens is 236 g/mol. The van der Waals surface area contributed by atoms with E-state index >= 15 is 0 Å². The molecule has 2 atom stereocenters. The molecule has 0 amide bonds. The topological polar surface area (TPSA) is 56.4 Å². The highest BCUT2D eigenvalue weighted by Gasteiger charge is 2.24. The predicted octanol–water partition coefficient (Wildman–Crippen LogP) is 1.34. The van der Waals surface area contributed by atoms with Crippen molar-refractivity contribution in [1.82, 2.24) is 9.80 Å². The van der Waals surface area contributed by atoms with Gasteiger partial charge in [0.05, 0.1) is 11.8 Å². The van der Waals surface area contributed by atoms with Crippen LogP contribution in [0.1, 0.15) is 18.4 Å². The maximum absolute atomic E-state index is 7.84. The molecule has 0 spiro atoms. The summed E-state index contributed by atoms with van der Waals surface area (Å²) < 4.78 is 0. The number of hydrogen-bond acceptors (Lipinski definition) is 3. The Balaban J connectivity index is 2.04. The fraction of sp³-hybridized carbons (Fsp3) is 0.533. The number of nitrogens with one attached hydrogen (secondary N) is 1. The summed E-state index contributed by atoms with van der Waals surface area (Å²) in [6.07, 6.45) is 0. The van der Waals surface area contributed by atoms with Gasteiger partial charge in [-0.2, -0.15) is 0 Å². The number of rotatable bonds is 4. The fourth-order valence-corrected chi connectivity index (χ4v) is 2.62. The van der Waals surface area contributed by atoms with Crippen molar-refractivity contribution in [2.45, 2.75) is 18.9 Å². The van der Waals surface area contributed by atoms with Gasteiger partial charge < -0.3 is 10.6 Å². The summed E-state index contributed by atoms with van der Waals surface area (Å²) in [7, 11) is 2.17. The monoisotopic (exact) mass is 260 g/mol. The van der Waals surface area contributed by atoms with Crippen LogP contribution in [-0.4, -0.2) is 54.9 Å². The number of amidine groups is 1. The van der Waals surface area contributed by atoms with Crippen molar-refractivity contribution in [3.8, 4) is 0 Å². The van der Waals surface area contributed by atoms with Gasteiger partial charge in [-0.3, -0.25) is 10.3 Å². The molecule has 2 rings (SSSR count). The highest BCUT2D eigenvalue weighted by Crippen LogP contribution is 2.18. The van der Waals surface area contributed by atoms with Crippen LogP contribution in [0, 0.1) is 5.41 Å². The van der Waals surface area contributed by atoms with Crippen LogP contribution < -0.4 is 5.73 Å². The van der Waals surface area contributed by atoms with Crippen molar-refractivity contribution in [2.75, 3.05) is 33.2 Å². The van der Waals surface area contributed by atoms with E-state index in [1.807, 2.05) is 18.2 Å². The first kappa shape index (κ1) is 14.0. The molecule has 104 valence electrons. The van der Waals surface area contributed by atoms with Gasteiger partial charge in [-0.1, -0.05) is 30.3 Å². The number of benzene rings is 1. The number of nitrogens with two attached hydrogens (primary N) is 1. The number of likely N-dealkylation sites (N-methyl/N-ethyl adjacent to an activating group) is 1. The van der Waals surface area contributed by atoms with E-state index in [-0.39, 0.29) is 11.8 Å². The Morgan fingerprint density at radius 2 is 2.05 bits per heavy atom. The quantitative estimate of drug-likeness (QED) is 0.634. The minimum Gasteiger partial charge on any atom is -0.387 e. The van der Waals surface area contributed by atoms with E-state index in [2.05, 4.69) is 35.9 Å². The SMILES string of the molecule is CC1CN(CC(C(=N)N)c2ccccc2)CCN1C. The van der Waals surface area contributed by atoms with Crippen LogP contribution in [0.15, 0.2) is 30.3 Å². The first-order valence-electron chi connectivity index (χ1n) is 6.89. The summed E-state index contributed by atoms with van der Waals surface area (Å²) in [6, 6.07) is 10.7. The van der Waals surface area contributed by atoms with Crippen LogP contribution in [0.2, 0.25) is 0 Å². The van der Waals surface area contributed by atoms with Crippen LogP contribution in [-0.2, 0) is 0 Å². The summed E-state index contributed by atoms with van der Waals surface area (Å²) in [5, 5.41) is 7.84. The second-order valence-corrected chi connectivity index (χ2v) is 5.51. The molecule has 1 aliphatic rings. The molecule has 2 unspecified atom stereocenters. The molecule has 1 heterocycles. The molecule has 1 saturated heterocycles. The molecule has 3 N–H and O–H groups in total. The number of piperazine rings is 1. The predicted molar refractivity (Wildman–Crippen MR) is 79.6 cm³/mol. The Labute approximate surface area is 115 Å². The smallest absolute Gasteiger partial charge is 0.0995 e. The van der Waals surface area contributed by atoms with Gasteiger partial charge in [0.25, 0.3) is 0 Å². The lowest BCUT2D eigenvalue weighted by Gasteiger charge is -2.39. The van der Waals surface area contributed by atoms with E-state index in [1.165, 1.54) is 0 Å². The normalized spacial score (nSPS) is 23.2. The summed E-state index contributed by atoms with van der Waals surface area (Å²) in [5.41, 5.74) is 6.93. The summed E-state index contributed by atoms with van der Waals surface area (Å²) in [4.78, 5) is 4.80. The van der Waals surface area contributed by atoms with Crippen LogP contribution in [0.25, 0.3) is 0 Å². The maximum Gasteiger partial charge on any atom is 0.0995 e. The molecule has 1 fully saturated rings. The molecule has 0 bridgehead atoms. The van der Waals surface area contributed by atoms with Gasteiger partial charge in [0.15, 0.2) is 0 Å². The lowest BCUT2D eigenvalue weighted by Crippen LogP contribution is -2.51. The van der Waals surface area contributed by atoms with E-state index in [0.29, 0.717) is 6.04 Å². The van der Waals surface area contributed by atoms with Crippen LogP contribution in [0.5, 0.6) is 0 Å². The Morgan fingerprint density at radius 3 is 2.63 bits per heavy atom. The van der Waals surface area contributed by atoms with Crippen molar-refractivity contribution >= 4 is 5.84 Å². The largest absolute Gasteiger partial charge is 0.387 e. The van der Waals surface area contributed by atoms with Crippen molar-refractivity contribution in [1.29, 1.82) is 5.41 Å². The Kier molecular flexibility index (Phi) is 4.56. The molecule has 0 aliphatic carbocycles. The van der Waals surface area contributed by atoms with Crippen LogP contribution in [0.4, 0.5) is 0 Å². The molecule has 0 aromatic heterocycles. The molecule has 1 aliphatic heterocycles. The standard InChI is InChI=1S/C15H24N4/c1-12-10-19(9-8-18(12)2)11-14(15(16)17)13-6-4-3-5-7-13/h3-7,12,14H,8-11H2,1-2H3,(H3,16,17). The van der Waals surface area contributed by atoms with E-state index in [1.54, 1.807) is 0 Å². The van der Waals surface area contributed by atoms with Crippen molar-refractivity contribution in [2.24, 2.45) is 5.73 Å². The lowest BCUT2D eigenvalue weighted by molar-refractivity contribution is 0.104. The molecule has 4 nitrogen and oxygen atoms in total. The van der Waals surface area contributed by atoms with Crippen LogP contribution in [0.3, 0.4) is 0 Å². The molecular formula is C15H24N4. The minimum absolute atomic E-state index is 0.0109. The van der Waals surface area contributed by atoms with E-state index < -0.39 is 0 Å². The lowest BCUT2D eigenvalue weighted by atomic mass is 9.97. The minimum atomic E-state index is 0.0109. The molecule has 0 radical (unpaired) electrons. The average Bonchev–Trinajstić information content (AvgIpc) is 2.40. The van der Waals surface area contributed by atoms with Crippen molar-refractivity contribution in [3.63, 3.8) is 0 Å². The third kappa shape index (κ3) is 3.55. The highest BCUT2D eigenvalue weighted by molar-refractivity contribution is 5.84. The van der Waals surface area contributed by atoms with Gasteiger partial charge in [-0.15, -0.1) is 0 Å². The first-order valence-corrected chi connectivity index (χ1v) is 6.89. The van der Waals surface area contributed by atoms with Gasteiger partial charge >= 0.3 is 0 Å². The van der Waals surface area contributed by atoms with Gasteiger partial charge in [-0.05, 0) is 19.5 Å². The summed E-state index contributed by atoms with van der Waals surface area (Å²) in [5.74, 6) is 0.273. The average molecular weight is 260 g/mol. The Morgan fingerprint density at radius 1 is 1.37 bits per heavy atom. The van der Waals surface area contributed by atoms with E-state index in [0.717, 1.165) is 31.7 Å². The Hall–Kier alpha value is -1.39. The van der Waals surface area contributed by atoms with Crippen molar-refractivity contribution < 1.29 is 0 Å². The first-order chi connectivity index (χ1) is 9.08. The zero-order chi connectivity index (χ0) is 13.8. The zero-order valence-electron chi connectivity index (χ0n) is 11.8. The third-order valence-electron chi connectivity index (χ3n) is 4.06.